The van der Waals surface area contributed by atoms with Gasteiger partial charge in [0.2, 0.25) is 0 Å². The van der Waals surface area contributed by atoms with Gasteiger partial charge in [-0.1, -0.05) is 32.4 Å². The van der Waals surface area contributed by atoms with E-state index >= 15 is 0 Å². The zero-order chi connectivity index (χ0) is 10.9. The molecule has 76 valence electrons. The summed E-state index contributed by atoms with van der Waals surface area (Å²) >= 11 is 9.28. The van der Waals surface area contributed by atoms with E-state index in [4.69, 9.17) is 11.6 Å². The number of aldehydes is 1. The normalized spacial score (nSPS) is 11.5. The molecular formula is C11H12BrClO. The van der Waals surface area contributed by atoms with Crippen molar-refractivity contribution in [2.45, 2.75) is 26.2 Å². The van der Waals surface area contributed by atoms with Crippen molar-refractivity contribution in [1.29, 1.82) is 0 Å². The lowest BCUT2D eigenvalue weighted by atomic mass is 9.86. The smallest absolute Gasteiger partial charge is 0.151 e. The van der Waals surface area contributed by atoms with Gasteiger partial charge in [-0.05, 0) is 39.0 Å². The van der Waals surface area contributed by atoms with Crippen molar-refractivity contribution in [3.05, 3.63) is 32.8 Å². The molecule has 3 heteroatoms. The van der Waals surface area contributed by atoms with Gasteiger partial charge in [-0.15, -0.1) is 0 Å². The molecule has 0 aliphatic rings. The molecule has 0 bridgehead atoms. The number of hydrogen-bond donors (Lipinski definition) is 0. The Morgan fingerprint density at radius 3 is 2.36 bits per heavy atom. The van der Waals surface area contributed by atoms with Crippen molar-refractivity contribution in [3.8, 4) is 0 Å². The zero-order valence-electron chi connectivity index (χ0n) is 8.40. The molecule has 0 fully saturated rings. The Balaban J connectivity index is 3.37. The number of carbonyl (C=O) groups excluding carboxylic acids is 1. The minimum absolute atomic E-state index is 0.00208. The monoisotopic (exact) mass is 274 g/mol. The third-order valence-electron chi connectivity index (χ3n) is 2.05. The highest BCUT2D eigenvalue weighted by molar-refractivity contribution is 9.10. The van der Waals surface area contributed by atoms with E-state index in [1.807, 2.05) is 12.1 Å². The molecular weight excluding hydrogens is 263 g/mol. The molecule has 0 spiro atoms. The van der Waals surface area contributed by atoms with Crippen LogP contribution in [0.15, 0.2) is 16.6 Å². The van der Waals surface area contributed by atoms with E-state index in [0.717, 1.165) is 11.8 Å². The topological polar surface area (TPSA) is 17.1 Å². The van der Waals surface area contributed by atoms with Crippen LogP contribution in [-0.4, -0.2) is 6.29 Å². The summed E-state index contributed by atoms with van der Waals surface area (Å²) in [5.41, 5.74) is 1.66. The van der Waals surface area contributed by atoms with Gasteiger partial charge in [0, 0.05) is 10.0 Å². The van der Waals surface area contributed by atoms with Crippen molar-refractivity contribution in [1.82, 2.24) is 0 Å². The van der Waals surface area contributed by atoms with Gasteiger partial charge in [-0.3, -0.25) is 4.79 Å². The van der Waals surface area contributed by atoms with E-state index < -0.39 is 0 Å². The second kappa shape index (κ2) is 4.03. The Hall–Kier alpha value is -0.340. The molecule has 0 atom stereocenters. The van der Waals surface area contributed by atoms with E-state index in [9.17, 15) is 4.79 Å². The minimum atomic E-state index is 0.00208. The van der Waals surface area contributed by atoms with Crippen molar-refractivity contribution in [2.75, 3.05) is 0 Å². The summed E-state index contributed by atoms with van der Waals surface area (Å²) in [6.07, 6.45) is 0.811. The molecule has 0 aromatic heterocycles. The first kappa shape index (κ1) is 11.7. The molecule has 0 amide bonds. The second-order valence-corrected chi connectivity index (χ2v) is 5.43. The van der Waals surface area contributed by atoms with Crippen LogP contribution in [0.1, 0.15) is 36.7 Å². The second-order valence-electron chi connectivity index (χ2n) is 4.23. The van der Waals surface area contributed by atoms with Crippen molar-refractivity contribution in [2.24, 2.45) is 0 Å². The van der Waals surface area contributed by atoms with Gasteiger partial charge in [0.05, 0.1) is 5.02 Å². The van der Waals surface area contributed by atoms with Gasteiger partial charge in [0.25, 0.3) is 0 Å². The van der Waals surface area contributed by atoms with Crippen molar-refractivity contribution in [3.63, 3.8) is 0 Å². The number of halogens is 2. The van der Waals surface area contributed by atoms with Crippen LogP contribution >= 0.6 is 27.5 Å². The third-order valence-corrected chi connectivity index (χ3v) is 3.46. The first-order valence-corrected chi connectivity index (χ1v) is 5.48. The summed E-state index contributed by atoms with van der Waals surface area (Å²) < 4.78 is 0.669. The van der Waals surface area contributed by atoms with Crippen molar-refractivity contribution < 1.29 is 4.79 Å². The molecule has 0 saturated carbocycles. The molecule has 0 radical (unpaired) electrons. The average molecular weight is 276 g/mol. The van der Waals surface area contributed by atoms with E-state index in [0.29, 0.717) is 15.1 Å². The maximum Gasteiger partial charge on any atom is 0.151 e. The Bertz CT molecular complexity index is 366. The number of benzene rings is 1. The van der Waals surface area contributed by atoms with Crippen LogP contribution in [0.3, 0.4) is 0 Å². The summed E-state index contributed by atoms with van der Waals surface area (Å²) in [5, 5.41) is 0.583. The highest BCUT2D eigenvalue weighted by Gasteiger charge is 2.17. The summed E-state index contributed by atoms with van der Waals surface area (Å²) in [5.74, 6) is 0. The lowest BCUT2D eigenvalue weighted by Gasteiger charge is -2.20. The molecule has 0 aliphatic carbocycles. The van der Waals surface area contributed by atoms with E-state index in [1.165, 1.54) is 0 Å². The van der Waals surface area contributed by atoms with Crippen LogP contribution in [0, 0.1) is 0 Å². The summed E-state index contributed by atoms with van der Waals surface area (Å²) in [6, 6.07) is 3.75. The highest BCUT2D eigenvalue weighted by atomic mass is 79.9. The summed E-state index contributed by atoms with van der Waals surface area (Å²) in [7, 11) is 0. The Morgan fingerprint density at radius 2 is 1.93 bits per heavy atom. The summed E-state index contributed by atoms with van der Waals surface area (Å²) in [4.78, 5) is 10.8. The SMILES string of the molecule is CC(C)(C)c1cc(Cl)c(Br)c(C=O)c1. The van der Waals surface area contributed by atoms with Crippen LogP contribution in [0.2, 0.25) is 5.02 Å². The zero-order valence-corrected chi connectivity index (χ0v) is 10.7. The molecule has 1 aromatic rings. The minimum Gasteiger partial charge on any atom is -0.298 e. The number of carbonyl (C=O) groups is 1. The average Bonchev–Trinajstić information content (AvgIpc) is 2.07. The van der Waals surface area contributed by atoms with E-state index in [2.05, 4.69) is 36.7 Å². The van der Waals surface area contributed by atoms with E-state index in [-0.39, 0.29) is 5.41 Å². The molecule has 0 saturated heterocycles. The standard InChI is InChI=1S/C11H12BrClO/c1-11(2,3)8-4-7(6-14)10(12)9(13)5-8/h4-6H,1-3H3. The molecule has 0 aliphatic heterocycles. The van der Waals surface area contributed by atoms with Crippen LogP contribution in [0.25, 0.3) is 0 Å². The van der Waals surface area contributed by atoms with Gasteiger partial charge in [-0.25, -0.2) is 0 Å². The maximum atomic E-state index is 10.8. The Morgan fingerprint density at radius 1 is 1.36 bits per heavy atom. The molecule has 0 heterocycles. The van der Waals surface area contributed by atoms with Crippen molar-refractivity contribution >= 4 is 33.8 Å². The molecule has 0 unspecified atom stereocenters. The fourth-order valence-corrected chi connectivity index (χ4v) is 1.68. The largest absolute Gasteiger partial charge is 0.298 e. The van der Waals surface area contributed by atoms with Gasteiger partial charge in [0.15, 0.2) is 6.29 Å². The Labute approximate surface area is 97.6 Å². The fourth-order valence-electron chi connectivity index (χ4n) is 1.13. The predicted molar refractivity (Wildman–Crippen MR) is 63.2 cm³/mol. The molecule has 0 N–H and O–H groups in total. The van der Waals surface area contributed by atoms with Crippen LogP contribution < -0.4 is 0 Å². The quantitative estimate of drug-likeness (QED) is 0.702. The van der Waals surface area contributed by atoms with Gasteiger partial charge < -0.3 is 0 Å². The van der Waals surface area contributed by atoms with Gasteiger partial charge >= 0.3 is 0 Å². The summed E-state index contributed by atoms with van der Waals surface area (Å²) in [6.45, 7) is 6.25. The van der Waals surface area contributed by atoms with Gasteiger partial charge in [-0.2, -0.15) is 0 Å². The third kappa shape index (κ3) is 2.37. The highest BCUT2D eigenvalue weighted by Crippen LogP contribution is 2.32. The maximum absolute atomic E-state index is 10.8. The lowest BCUT2D eigenvalue weighted by Crippen LogP contribution is -2.11. The Kier molecular flexibility index (Phi) is 3.38. The molecule has 14 heavy (non-hydrogen) atoms. The van der Waals surface area contributed by atoms with Crippen LogP contribution in [0.5, 0.6) is 0 Å². The molecule has 1 nitrogen and oxygen atoms in total. The first-order valence-electron chi connectivity index (χ1n) is 4.31. The lowest BCUT2D eigenvalue weighted by molar-refractivity contribution is 0.112. The van der Waals surface area contributed by atoms with Crippen LogP contribution in [-0.2, 0) is 5.41 Å². The van der Waals surface area contributed by atoms with Crippen LogP contribution in [0.4, 0.5) is 0 Å². The molecule has 1 aromatic carbocycles. The molecule has 1 rings (SSSR count). The predicted octanol–water partition coefficient (Wildman–Crippen LogP) is 4.21. The number of rotatable bonds is 1. The first-order chi connectivity index (χ1) is 6.36. The fraction of sp³-hybridized carbons (Fsp3) is 0.364. The van der Waals surface area contributed by atoms with Gasteiger partial charge in [0.1, 0.15) is 0 Å². The van der Waals surface area contributed by atoms with E-state index in [1.54, 1.807) is 0 Å². The number of hydrogen-bond acceptors (Lipinski definition) is 1.